The van der Waals surface area contributed by atoms with Crippen LogP contribution in [0.4, 0.5) is 0 Å². The van der Waals surface area contributed by atoms with Gasteiger partial charge in [0.05, 0.1) is 6.10 Å². The molecule has 0 amide bonds. The summed E-state index contributed by atoms with van der Waals surface area (Å²) in [5.74, 6) is 0. The maximum absolute atomic E-state index is 10.2. The van der Waals surface area contributed by atoms with E-state index in [0.717, 1.165) is 12.0 Å². The van der Waals surface area contributed by atoms with Crippen LogP contribution < -0.4 is 5.32 Å². The Hall–Kier alpha value is -0.570. The second-order valence-corrected chi connectivity index (χ2v) is 5.47. The van der Waals surface area contributed by atoms with Gasteiger partial charge in [-0.1, -0.05) is 25.1 Å². The molecule has 0 fully saturated rings. The van der Waals surface area contributed by atoms with E-state index in [9.17, 15) is 5.11 Å². The van der Waals surface area contributed by atoms with Crippen molar-refractivity contribution in [1.82, 2.24) is 5.32 Å². The van der Waals surface area contributed by atoms with Crippen LogP contribution in [0.2, 0.25) is 0 Å². The Labute approximate surface area is 123 Å². The summed E-state index contributed by atoms with van der Waals surface area (Å²) in [6, 6.07) is 6.97. The molecule has 0 spiro atoms. The molecule has 0 heterocycles. The Balaban J connectivity index is 0.00000180. The topological polar surface area (TPSA) is 32.3 Å². The first-order valence-corrected chi connectivity index (χ1v) is 7.24. The van der Waals surface area contributed by atoms with Crippen LogP contribution in [0.25, 0.3) is 0 Å². The molecule has 19 heavy (non-hydrogen) atoms. The lowest BCUT2D eigenvalue weighted by atomic mass is 9.89. The number of aliphatic hydroxyl groups is 1. The third-order valence-electron chi connectivity index (χ3n) is 4.03. The number of aliphatic hydroxyl groups excluding tert-OH is 1. The summed E-state index contributed by atoms with van der Waals surface area (Å²) >= 11 is 0. The van der Waals surface area contributed by atoms with Crippen molar-refractivity contribution < 1.29 is 5.11 Å². The summed E-state index contributed by atoms with van der Waals surface area (Å²) in [5, 5.41) is 13.6. The number of rotatable bonds is 5. The number of benzene rings is 1. The van der Waals surface area contributed by atoms with Crippen molar-refractivity contribution in [2.75, 3.05) is 6.54 Å². The molecule has 2 atom stereocenters. The van der Waals surface area contributed by atoms with Crippen LogP contribution in [0.3, 0.4) is 0 Å². The van der Waals surface area contributed by atoms with Crippen LogP contribution in [-0.4, -0.2) is 17.7 Å². The molecule has 0 aliphatic heterocycles. The molecule has 2 nitrogen and oxygen atoms in total. The summed E-state index contributed by atoms with van der Waals surface area (Å²) in [7, 11) is 0. The molecule has 1 aliphatic carbocycles. The molecule has 1 aliphatic rings. The van der Waals surface area contributed by atoms with E-state index in [2.05, 4.69) is 37.4 Å². The Morgan fingerprint density at radius 2 is 1.89 bits per heavy atom. The summed E-state index contributed by atoms with van der Waals surface area (Å²) in [5.41, 5.74) is 3.99. The van der Waals surface area contributed by atoms with E-state index >= 15 is 0 Å². The van der Waals surface area contributed by atoms with Gasteiger partial charge in [0.15, 0.2) is 0 Å². The number of hydrogen-bond donors (Lipinski definition) is 2. The average Bonchev–Trinajstić information content (AvgIpc) is 2.43. The number of nitrogens with one attached hydrogen (secondary N) is 1. The maximum atomic E-state index is 10.2. The zero-order valence-corrected chi connectivity index (χ0v) is 12.8. The summed E-state index contributed by atoms with van der Waals surface area (Å²) in [4.78, 5) is 0. The minimum Gasteiger partial charge on any atom is -0.387 e. The standard InChI is InChI=1S/C16H25NO.ClH/c1-3-12(2)17-11-16(18)15-9-8-13-6-4-5-7-14(13)10-15;/h8-10,12,16-18H,3-7,11H2,1-2H3;1H. The molecule has 1 aromatic carbocycles. The third-order valence-corrected chi connectivity index (χ3v) is 4.03. The molecule has 0 bridgehead atoms. The van der Waals surface area contributed by atoms with Gasteiger partial charge < -0.3 is 10.4 Å². The molecule has 108 valence electrons. The minimum absolute atomic E-state index is 0. The van der Waals surface area contributed by atoms with Crippen molar-refractivity contribution in [2.45, 2.75) is 58.1 Å². The fourth-order valence-electron chi connectivity index (χ4n) is 2.54. The van der Waals surface area contributed by atoms with Crippen molar-refractivity contribution in [1.29, 1.82) is 0 Å². The largest absolute Gasteiger partial charge is 0.387 e. The van der Waals surface area contributed by atoms with Gasteiger partial charge in [0.2, 0.25) is 0 Å². The minimum atomic E-state index is -0.383. The number of aryl methyl sites for hydroxylation is 2. The lowest BCUT2D eigenvalue weighted by molar-refractivity contribution is 0.170. The second-order valence-electron chi connectivity index (χ2n) is 5.47. The van der Waals surface area contributed by atoms with Crippen LogP contribution in [0.1, 0.15) is 55.9 Å². The SMILES string of the molecule is CCC(C)NCC(O)c1ccc2c(c1)CCCC2.Cl. The molecule has 2 unspecified atom stereocenters. The summed E-state index contributed by atoms with van der Waals surface area (Å²) in [6.07, 6.45) is 5.69. The highest BCUT2D eigenvalue weighted by atomic mass is 35.5. The van der Waals surface area contributed by atoms with Gasteiger partial charge in [0, 0.05) is 12.6 Å². The van der Waals surface area contributed by atoms with E-state index in [-0.39, 0.29) is 18.5 Å². The van der Waals surface area contributed by atoms with Crippen molar-refractivity contribution in [3.05, 3.63) is 34.9 Å². The first-order chi connectivity index (χ1) is 8.70. The fourth-order valence-corrected chi connectivity index (χ4v) is 2.54. The lowest BCUT2D eigenvalue weighted by Crippen LogP contribution is -2.29. The second kappa shape index (κ2) is 7.88. The fraction of sp³-hybridized carbons (Fsp3) is 0.625. The quantitative estimate of drug-likeness (QED) is 0.868. The normalized spacial score (nSPS) is 17.2. The van der Waals surface area contributed by atoms with E-state index in [4.69, 9.17) is 0 Å². The van der Waals surface area contributed by atoms with E-state index in [1.807, 2.05) is 0 Å². The van der Waals surface area contributed by atoms with E-state index in [1.54, 1.807) is 0 Å². The molecule has 0 radical (unpaired) electrons. The van der Waals surface area contributed by atoms with Gasteiger partial charge in [-0.3, -0.25) is 0 Å². The van der Waals surface area contributed by atoms with E-state index in [1.165, 1.54) is 36.8 Å². The predicted octanol–water partition coefficient (Wildman–Crippen LogP) is 3.41. The molecule has 0 saturated carbocycles. The van der Waals surface area contributed by atoms with Crippen LogP contribution in [-0.2, 0) is 12.8 Å². The van der Waals surface area contributed by atoms with Crippen molar-refractivity contribution in [3.8, 4) is 0 Å². The molecule has 3 heteroatoms. The molecule has 1 aromatic rings. The zero-order chi connectivity index (χ0) is 13.0. The van der Waals surface area contributed by atoms with Gasteiger partial charge in [-0.25, -0.2) is 0 Å². The van der Waals surface area contributed by atoms with Crippen LogP contribution in [0.5, 0.6) is 0 Å². The van der Waals surface area contributed by atoms with Gasteiger partial charge in [0.25, 0.3) is 0 Å². The molecular weight excluding hydrogens is 258 g/mol. The number of hydrogen-bond acceptors (Lipinski definition) is 2. The van der Waals surface area contributed by atoms with Crippen molar-refractivity contribution in [3.63, 3.8) is 0 Å². The van der Waals surface area contributed by atoms with Gasteiger partial charge >= 0.3 is 0 Å². The van der Waals surface area contributed by atoms with E-state index in [0.29, 0.717) is 12.6 Å². The Morgan fingerprint density at radius 3 is 2.58 bits per heavy atom. The third kappa shape index (κ3) is 4.48. The smallest absolute Gasteiger partial charge is 0.0914 e. The van der Waals surface area contributed by atoms with Gasteiger partial charge in [0.1, 0.15) is 0 Å². The van der Waals surface area contributed by atoms with Gasteiger partial charge in [-0.05, 0) is 55.7 Å². The maximum Gasteiger partial charge on any atom is 0.0914 e. The average molecular weight is 284 g/mol. The Bertz CT molecular complexity index is 394. The molecule has 0 aromatic heterocycles. The lowest BCUT2D eigenvalue weighted by Gasteiger charge is -2.20. The molecule has 2 N–H and O–H groups in total. The van der Waals surface area contributed by atoms with Crippen molar-refractivity contribution >= 4 is 12.4 Å². The summed E-state index contributed by atoms with van der Waals surface area (Å²) < 4.78 is 0. The molecular formula is C16H26ClNO. The van der Waals surface area contributed by atoms with Gasteiger partial charge in [-0.15, -0.1) is 12.4 Å². The summed E-state index contributed by atoms with van der Waals surface area (Å²) in [6.45, 7) is 4.95. The monoisotopic (exact) mass is 283 g/mol. The Kier molecular flexibility index (Phi) is 6.84. The molecule has 0 saturated heterocycles. The first kappa shape index (κ1) is 16.5. The Morgan fingerprint density at radius 1 is 1.21 bits per heavy atom. The van der Waals surface area contributed by atoms with Crippen molar-refractivity contribution in [2.24, 2.45) is 0 Å². The highest BCUT2D eigenvalue weighted by molar-refractivity contribution is 5.85. The zero-order valence-electron chi connectivity index (χ0n) is 12.0. The van der Waals surface area contributed by atoms with Gasteiger partial charge in [-0.2, -0.15) is 0 Å². The van der Waals surface area contributed by atoms with Crippen LogP contribution in [0, 0.1) is 0 Å². The highest BCUT2D eigenvalue weighted by Gasteiger charge is 2.13. The van der Waals surface area contributed by atoms with Crippen LogP contribution in [0.15, 0.2) is 18.2 Å². The first-order valence-electron chi connectivity index (χ1n) is 7.24. The van der Waals surface area contributed by atoms with E-state index < -0.39 is 0 Å². The number of halogens is 1. The predicted molar refractivity (Wildman–Crippen MR) is 83.0 cm³/mol. The number of fused-ring (bicyclic) bond motifs is 1. The molecule has 2 rings (SSSR count). The van der Waals surface area contributed by atoms with Crippen LogP contribution >= 0.6 is 12.4 Å². The highest BCUT2D eigenvalue weighted by Crippen LogP contribution is 2.24.